The van der Waals surface area contributed by atoms with Gasteiger partial charge in [0.15, 0.2) is 0 Å². The third-order valence-electron chi connectivity index (χ3n) is 0. The second-order valence-corrected chi connectivity index (χ2v) is 3.00. The maximum atomic E-state index is 2.19. The lowest BCUT2D eigenvalue weighted by Gasteiger charge is -2.05. The fraction of sp³-hybridized carbons (Fsp3) is 1.00. The van der Waals surface area contributed by atoms with Crippen LogP contribution in [0.2, 0.25) is 0 Å². The lowest BCUT2D eigenvalue weighted by Crippen LogP contribution is -1.93. The summed E-state index contributed by atoms with van der Waals surface area (Å²) in [6.45, 7) is 16.8. The molecule has 0 aliphatic rings. The van der Waals surface area contributed by atoms with E-state index in [2.05, 4.69) is 27.7 Å². The van der Waals surface area contributed by atoms with Crippen LogP contribution in [0.25, 0.3) is 0 Å². The number of hydrogen-bond donors (Lipinski definition) is 0. The SMILES string of the molecule is CC.CC.CC(C)(C)C. The Bertz CT molecular complexity index is 15.5. The highest BCUT2D eigenvalue weighted by Crippen LogP contribution is 2.07. The summed E-state index contributed by atoms with van der Waals surface area (Å²) in [6.07, 6.45) is 0. The Morgan fingerprint density at radius 2 is 0.556 bits per heavy atom. The smallest absolute Gasteiger partial charge is 0.0411 e. The van der Waals surface area contributed by atoms with Gasteiger partial charge in [0.1, 0.15) is 0 Å². The summed E-state index contributed by atoms with van der Waals surface area (Å²) < 4.78 is 0. The van der Waals surface area contributed by atoms with Crippen LogP contribution in [0.4, 0.5) is 0 Å². The Morgan fingerprint density at radius 1 is 0.556 bits per heavy atom. The normalized spacial score (nSPS) is 8.00. The first-order valence-corrected chi connectivity index (χ1v) is 4.00. The van der Waals surface area contributed by atoms with Gasteiger partial charge in [-0.2, -0.15) is 0 Å². The molecular formula is C9H24. The molecule has 0 aromatic heterocycles. The summed E-state index contributed by atoms with van der Waals surface area (Å²) in [5.74, 6) is 0. The average Bonchev–Trinajstić information content (AvgIpc) is 1.72. The van der Waals surface area contributed by atoms with Crippen LogP contribution >= 0.6 is 0 Å². The van der Waals surface area contributed by atoms with Crippen molar-refractivity contribution in [1.82, 2.24) is 0 Å². The van der Waals surface area contributed by atoms with E-state index in [-0.39, 0.29) is 0 Å². The summed E-state index contributed by atoms with van der Waals surface area (Å²) in [4.78, 5) is 0. The zero-order chi connectivity index (χ0) is 8.50. The van der Waals surface area contributed by atoms with Crippen molar-refractivity contribution in [3.05, 3.63) is 0 Å². The second-order valence-electron chi connectivity index (χ2n) is 3.00. The van der Waals surface area contributed by atoms with Crippen LogP contribution in [-0.4, -0.2) is 0 Å². The van der Waals surface area contributed by atoms with Crippen molar-refractivity contribution in [2.75, 3.05) is 0 Å². The van der Waals surface area contributed by atoms with Gasteiger partial charge >= 0.3 is 0 Å². The van der Waals surface area contributed by atoms with E-state index < -0.39 is 0 Å². The molecule has 0 aromatic carbocycles. The molecule has 0 rings (SSSR count). The monoisotopic (exact) mass is 132 g/mol. The molecule has 0 radical (unpaired) electrons. The van der Waals surface area contributed by atoms with E-state index in [0.29, 0.717) is 5.41 Å². The van der Waals surface area contributed by atoms with E-state index in [0.717, 1.165) is 0 Å². The van der Waals surface area contributed by atoms with Crippen LogP contribution in [0.5, 0.6) is 0 Å². The molecule has 0 bridgehead atoms. The molecule has 0 aliphatic carbocycles. The van der Waals surface area contributed by atoms with E-state index in [4.69, 9.17) is 0 Å². The summed E-state index contributed by atoms with van der Waals surface area (Å²) in [5, 5.41) is 0. The summed E-state index contributed by atoms with van der Waals surface area (Å²) in [6, 6.07) is 0. The summed E-state index contributed by atoms with van der Waals surface area (Å²) >= 11 is 0. The minimum absolute atomic E-state index is 0.500. The van der Waals surface area contributed by atoms with Gasteiger partial charge in [0, 0.05) is 0 Å². The maximum Gasteiger partial charge on any atom is -0.0411 e. The van der Waals surface area contributed by atoms with Crippen molar-refractivity contribution >= 4 is 0 Å². The molecule has 0 aliphatic heterocycles. The lowest BCUT2D eigenvalue weighted by atomic mass is 10.0. The predicted molar refractivity (Wildman–Crippen MR) is 47.8 cm³/mol. The van der Waals surface area contributed by atoms with E-state index in [1.165, 1.54) is 0 Å². The summed E-state index contributed by atoms with van der Waals surface area (Å²) in [5.41, 5.74) is 0.500. The predicted octanol–water partition coefficient (Wildman–Crippen LogP) is 4.10. The Kier molecular flexibility index (Phi) is 19.4. The van der Waals surface area contributed by atoms with Crippen LogP contribution in [-0.2, 0) is 0 Å². The van der Waals surface area contributed by atoms with Crippen LogP contribution in [0.15, 0.2) is 0 Å². The molecule has 0 amide bonds. The number of hydrogen-bond acceptors (Lipinski definition) is 0. The molecular weight excluding hydrogens is 108 g/mol. The Hall–Kier alpha value is 0. The molecule has 9 heavy (non-hydrogen) atoms. The molecule has 0 heteroatoms. The average molecular weight is 132 g/mol. The van der Waals surface area contributed by atoms with Crippen molar-refractivity contribution in [3.8, 4) is 0 Å². The Labute approximate surface area is 61.7 Å². The van der Waals surface area contributed by atoms with Gasteiger partial charge < -0.3 is 0 Å². The van der Waals surface area contributed by atoms with Crippen molar-refractivity contribution < 1.29 is 0 Å². The van der Waals surface area contributed by atoms with Gasteiger partial charge in [-0.3, -0.25) is 0 Å². The topological polar surface area (TPSA) is 0 Å². The van der Waals surface area contributed by atoms with E-state index in [1.807, 2.05) is 27.7 Å². The Balaban J connectivity index is -0.0000000771. The van der Waals surface area contributed by atoms with E-state index >= 15 is 0 Å². The van der Waals surface area contributed by atoms with Gasteiger partial charge in [0.25, 0.3) is 0 Å². The molecule has 0 aromatic rings. The molecule has 60 valence electrons. The molecule has 0 nitrogen and oxygen atoms in total. The standard InChI is InChI=1S/C5H12.2C2H6/c1-5(2,3)4;2*1-2/h1-4H3;2*1-2H3. The van der Waals surface area contributed by atoms with Crippen molar-refractivity contribution in [3.63, 3.8) is 0 Å². The second kappa shape index (κ2) is 10.9. The first-order chi connectivity index (χ1) is 4.00. The molecule has 0 heterocycles. The fourth-order valence-electron chi connectivity index (χ4n) is 0. The molecule has 0 fully saturated rings. The van der Waals surface area contributed by atoms with Gasteiger partial charge in [-0.1, -0.05) is 55.4 Å². The first-order valence-electron chi connectivity index (χ1n) is 4.00. The van der Waals surface area contributed by atoms with Crippen molar-refractivity contribution in [1.29, 1.82) is 0 Å². The van der Waals surface area contributed by atoms with Crippen molar-refractivity contribution in [2.24, 2.45) is 5.41 Å². The third-order valence-corrected chi connectivity index (χ3v) is 0. The minimum atomic E-state index is 0.500. The maximum absolute atomic E-state index is 2.19. The van der Waals surface area contributed by atoms with Gasteiger partial charge in [0.05, 0.1) is 0 Å². The fourth-order valence-corrected chi connectivity index (χ4v) is 0. The molecule has 0 unspecified atom stereocenters. The van der Waals surface area contributed by atoms with Crippen LogP contribution < -0.4 is 0 Å². The van der Waals surface area contributed by atoms with Gasteiger partial charge in [-0.05, 0) is 5.41 Å². The van der Waals surface area contributed by atoms with E-state index in [9.17, 15) is 0 Å². The summed E-state index contributed by atoms with van der Waals surface area (Å²) in [7, 11) is 0. The van der Waals surface area contributed by atoms with Gasteiger partial charge in [0.2, 0.25) is 0 Å². The molecule has 0 N–H and O–H groups in total. The number of rotatable bonds is 0. The van der Waals surface area contributed by atoms with Crippen LogP contribution in [0.1, 0.15) is 55.4 Å². The van der Waals surface area contributed by atoms with Crippen molar-refractivity contribution in [2.45, 2.75) is 55.4 Å². The largest absolute Gasteiger partial charge is 0.0683 e. The lowest BCUT2D eigenvalue weighted by molar-refractivity contribution is 0.469. The quantitative estimate of drug-likeness (QED) is 0.465. The first kappa shape index (κ1) is 16.0. The zero-order valence-corrected chi connectivity index (χ0v) is 8.50. The molecule has 0 saturated heterocycles. The molecule has 0 spiro atoms. The zero-order valence-electron chi connectivity index (χ0n) is 8.50. The minimum Gasteiger partial charge on any atom is -0.0683 e. The highest BCUT2D eigenvalue weighted by molar-refractivity contribution is 4.47. The molecule has 0 saturated carbocycles. The van der Waals surface area contributed by atoms with E-state index in [1.54, 1.807) is 0 Å². The highest BCUT2D eigenvalue weighted by atomic mass is 14.0. The van der Waals surface area contributed by atoms with Crippen LogP contribution in [0, 0.1) is 5.41 Å². The van der Waals surface area contributed by atoms with Gasteiger partial charge in [-0.15, -0.1) is 0 Å². The Morgan fingerprint density at radius 3 is 0.556 bits per heavy atom. The highest BCUT2D eigenvalue weighted by Gasteiger charge is 1.95. The van der Waals surface area contributed by atoms with Crippen LogP contribution in [0.3, 0.4) is 0 Å². The van der Waals surface area contributed by atoms with Gasteiger partial charge in [-0.25, -0.2) is 0 Å². The molecule has 0 atom stereocenters. The third kappa shape index (κ3) is 0.